The van der Waals surface area contributed by atoms with Crippen LogP contribution in [-0.4, -0.2) is 23.8 Å². The number of carbonyl (C=O) groups excluding carboxylic acids is 1. The fourth-order valence-corrected chi connectivity index (χ4v) is 2.54. The molecular weight excluding hydrogens is 348 g/mol. The predicted molar refractivity (Wildman–Crippen MR) is 108 cm³/mol. The second-order valence-electron chi connectivity index (χ2n) is 5.78. The molecule has 0 radical (unpaired) electrons. The van der Waals surface area contributed by atoms with E-state index in [1.807, 2.05) is 31.2 Å². The molecule has 5 heteroatoms. The van der Waals surface area contributed by atoms with Gasteiger partial charge in [0.15, 0.2) is 0 Å². The van der Waals surface area contributed by atoms with Gasteiger partial charge in [0.1, 0.15) is 5.76 Å². The number of aliphatic imine (C=N–C) groups is 1. The zero-order valence-corrected chi connectivity index (χ0v) is 15.8. The third-order valence-corrected chi connectivity index (χ3v) is 4.18. The topological polar surface area (TPSA) is 61.7 Å². The highest BCUT2D eigenvalue weighted by Crippen LogP contribution is 2.24. The van der Waals surface area contributed by atoms with Crippen molar-refractivity contribution in [2.45, 2.75) is 26.7 Å². The van der Waals surface area contributed by atoms with Crippen LogP contribution in [0.2, 0.25) is 5.02 Å². The van der Waals surface area contributed by atoms with Crippen molar-refractivity contribution in [1.82, 2.24) is 5.32 Å². The van der Waals surface area contributed by atoms with Crippen molar-refractivity contribution in [2.75, 3.05) is 6.54 Å². The Morgan fingerprint density at radius 3 is 2.46 bits per heavy atom. The fraction of sp³-hybridized carbons (Fsp3) is 0.238. The van der Waals surface area contributed by atoms with Crippen LogP contribution in [0.3, 0.4) is 0 Å². The number of benzene rings is 2. The third kappa shape index (κ3) is 5.20. The number of hydrogen-bond donors (Lipinski definition) is 2. The number of hydrogen-bond acceptors (Lipinski definition) is 3. The normalized spacial score (nSPS) is 12.1. The van der Waals surface area contributed by atoms with E-state index in [4.69, 9.17) is 11.6 Å². The van der Waals surface area contributed by atoms with E-state index in [-0.39, 0.29) is 11.3 Å². The highest BCUT2D eigenvalue weighted by atomic mass is 35.5. The number of carbonyl (C=O) groups is 1. The summed E-state index contributed by atoms with van der Waals surface area (Å²) in [7, 11) is 0. The second kappa shape index (κ2) is 9.78. The van der Waals surface area contributed by atoms with Crippen molar-refractivity contribution in [1.29, 1.82) is 0 Å². The summed E-state index contributed by atoms with van der Waals surface area (Å²) >= 11 is 6.15. The van der Waals surface area contributed by atoms with Gasteiger partial charge in [-0.25, -0.2) is 0 Å². The first kappa shape index (κ1) is 19.7. The van der Waals surface area contributed by atoms with E-state index in [9.17, 15) is 9.90 Å². The molecule has 0 bridgehead atoms. The van der Waals surface area contributed by atoms with E-state index in [0.29, 0.717) is 22.8 Å². The number of halogens is 1. The molecule has 2 N–H and O–H groups in total. The second-order valence-corrected chi connectivity index (χ2v) is 6.18. The van der Waals surface area contributed by atoms with Crippen LogP contribution in [0.1, 0.15) is 31.4 Å². The highest BCUT2D eigenvalue weighted by Gasteiger charge is 2.16. The molecule has 0 aliphatic carbocycles. The molecule has 0 aromatic heterocycles. The van der Waals surface area contributed by atoms with Crippen molar-refractivity contribution in [3.63, 3.8) is 0 Å². The number of nitrogens with zero attached hydrogens (tertiary/aromatic N) is 1. The van der Waals surface area contributed by atoms with Crippen LogP contribution in [0.5, 0.6) is 0 Å². The third-order valence-electron chi connectivity index (χ3n) is 3.85. The molecular formula is C21H23ClN2O2. The van der Waals surface area contributed by atoms with Gasteiger partial charge in [-0.2, -0.15) is 0 Å². The van der Waals surface area contributed by atoms with Gasteiger partial charge >= 0.3 is 0 Å². The van der Waals surface area contributed by atoms with Crippen LogP contribution in [-0.2, 0) is 11.2 Å². The lowest BCUT2D eigenvalue weighted by Gasteiger charge is -2.09. The Morgan fingerprint density at radius 1 is 1.15 bits per heavy atom. The lowest BCUT2D eigenvalue weighted by Crippen LogP contribution is -2.27. The molecule has 0 aliphatic heterocycles. The first-order chi connectivity index (χ1) is 12.6. The van der Waals surface area contributed by atoms with Crippen LogP contribution in [0.15, 0.2) is 59.1 Å². The molecule has 2 aromatic carbocycles. The van der Waals surface area contributed by atoms with Gasteiger partial charge in [-0.1, -0.05) is 49.7 Å². The van der Waals surface area contributed by atoms with Crippen molar-refractivity contribution in [2.24, 2.45) is 4.99 Å². The van der Waals surface area contributed by atoms with E-state index in [1.54, 1.807) is 24.3 Å². The molecule has 4 nitrogen and oxygen atoms in total. The summed E-state index contributed by atoms with van der Waals surface area (Å²) in [6.45, 7) is 4.55. The summed E-state index contributed by atoms with van der Waals surface area (Å²) in [5.41, 5.74) is 2.38. The number of amides is 1. The predicted octanol–water partition coefficient (Wildman–Crippen LogP) is 5.10. The van der Waals surface area contributed by atoms with Crippen molar-refractivity contribution in [3.05, 3.63) is 70.3 Å². The first-order valence-corrected chi connectivity index (χ1v) is 9.04. The SMILES string of the molecule is CCCNC(=O)C(C=Nc1ccc(CC)cc1)=C(O)c1ccccc1Cl. The number of aliphatic hydroxyl groups is 1. The molecule has 0 heterocycles. The maximum atomic E-state index is 12.5. The lowest BCUT2D eigenvalue weighted by molar-refractivity contribution is -0.116. The molecule has 0 aliphatic rings. The molecule has 0 saturated carbocycles. The van der Waals surface area contributed by atoms with Gasteiger partial charge in [-0.3, -0.25) is 9.79 Å². The van der Waals surface area contributed by atoms with Crippen molar-refractivity contribution in [3.8, 4) is 0 Å². The van der Waals surface area contributed by atoms with Gasteiger partial charge in [-0.05, 0) is 42.7 Å². The Balaban J connectivity index is 2.40. The number of rotatable bonds is 7. The summed E-state index contributed by atoms with van der Waals surface area (Å²) in [4.78, 5) is 16.8. The van der Waals surface area contributed by atoms with E-state index in [2.05, 4.69) is 17.2 Å². The summed E-state index contributed by atoms with van der Waals surface area (Å²) in [6.07, 6.45) is 3.12. The van der Waals surface area contributed by atoms with E-state index in [1.165, 1.54) is 11.8 Å². The smallest absolute Gasteiger partial charge is 0.256 e. The Morgan fingerprint density at radius 2 is 1.85 bits per heavy atom. The average Bonchev–Trinajstić information content (AvgIpc) is 2.67. The van der Waals surface area contributed by atoms with Crippen LogP contribution >= 0.6 is 11.6 Å². The lowest BCUT2D eigenvalue weighted by atomic mass is 10.1. The molecule has 0 saturated heterocycles. The summed E-state index contributed by atoms with van der Waals surface area (Å²) in [5.74, 6) is -0.587. The molecule has 0 fully saturated rings. The number of aliphatic hydroxyl groups excluding tert-OH is 1. The van der Waals surface area contributed by atoms with Crippen LogP contribution in [0.4, 0.5) is 5.69 Å². The first-order valence-electron chi connectivity index (χ1n) is 8.66. The maximum absolute atomic E-state index is 12.5. The number of aryl methyl sites for hydroxylation is 1. The monoisotopic (exact) mass is 370 g/mol. The molecule has 0 atom stereocenters. The van der Waals surface area contributed by atoms with E-state index in [0.717, 1.165) is 12.8 Å². The van der Waals surface area contributed by atoms with Gasteiger partial charge in [-0.15, -0.1) is 0 Å². The zero-order valence-electron chi connectivity index (χ0n) is 15.0. The largest absolute Gasteiger partial charge is 0.506 e. The Labute approximate surface area is 159 Å². The molecule has 2 rings (SSSR count). The standard InChI is InChI=1S/C21H23ClN2O2/c1-3-13-23-21(26)18(20(25)17-7-5-6-8-19(17)22)14-24-16-11-9-15(4-2)10-12-16/h5-12,14,25H,3-4,13H2,1-2H3,(H,23,26). The quantitative estimate of drug-likeness (QED) is 0.404. The van der Waals surface area contributed by atoms with Crippen LogP contribution in [0, 0.1) is 0 Å². The molecule has 1 amide bonds. The van der Waals surface area contributed by atoms with E-state index >= 15 is 0 Å². The highest BCUT2D eigenvalue weighted by molar-refractivity contribution is 6.32. The van der Waals surface area contributed by atoms with Crippen molar-refractivity contribution < 1.29 is 9.90 Å². The van der Waals surface area contributed by atoms with Gasteiger partial charge in [0.25, 0.3) is 5.91 Å². The van der Waals surface area contributed by atoms with E-state index < -0.39 is 5.91 Å². The summed E-state index contributed by atoms with van der Waals surface area (Å²) in [5, 5.41) is 13.8. The molecule has 26 heavy (non-hydrogen) atoms. The summed E-state index contributed by atoms with van der Waals surface area (Å²) in [6, 6.07) is 14.6. The zero-order chi connectivity index (χ0) is 18.9. The van der Waals surface area contributed by atoms with Crippen LogP contribution in [0.25, 0.3) is 5.76 Å². The maximum Gasteiger partial charge on any atom is 0.256 e. The molecule has 136 valence electrons. The minimum Gasteiger partial charge on any atom is -0.506 e. The fourth-order valence-electron chi connectivity index (χ4n) is 2.32. The molecule has 0 unspecified atom stereocenters. The van der Waals surface area contributed by atoms with Crippen LogP contribution < -0.4 is 5.32 Å². The minimum absolute atomic E-state index is 0.0751. The van der Waals surface area contributed by atoms with Gasteiger partial charge in [0, 0.05) is 18.3 Å². The summed E-state index contributed by atoms with van der Waals surface area (Å²) < 4.78 is 0. The van der Waals surface area contributed by atoms with Crippen molar-refractivity contribution >= 4 is 35.2 Å². The Kier molecular flexibility index (Phi) is 7.42. The Hall–Kier alpha value is -2.59. The minimum atomic E-state index is -0.391. The van der Waals surface area contributed by atoms with Gasteiger partial charge in [0.2, 0.25) is 0 Å². The average molecular weight is 371 g/mol. The Bertz CT molecular complexity index is 811. The molecule has 0 spiro atoms. The molecule has 2 aromatic rings. The van der Waals surface area contributed by atoms with Gasteiger partial charge < -0.3 is 10.4 Å². The van der Waals surface area contributed by atoms with Gasteiger partial charge in [0.05, 0.1) is 16.3 Å². The number of nitrogens with one attached hydrogen (secondary N) is 1.